The molecule has 1 aliphatic heterocycles. The summed E-state index contributed by atoms with van der Waals surface area (Å²) < 4.78 is 7.23. The van der Waals surface area contributed by atoms with E-state index in [2.05, 4.69) is 15.4 Å². The molecule has 1 fully saturated rings. The van der Waals surface area contributed by atoms with Crippen LogP contribution in [0.5, 0.6) is 5.75 Å². The Kier molecular flexibility index (Phi) is 4.10. The first-order chi connectivity index (χ1) is 11.8. The quantitative estimate of drug-likeness (QED) is 0.686. The van der Waals surface area contributed by atoms with Gasteiger partial charge < -0.3 is 14.8 Å². The van der Waals surface area contributed by atoms with E-state index in [0.717, 1.165) is 54.3 Å². The average Bonchev–Trinajstić information content (AvgIpc) is 3.04. The van der Waals surface area contributed by atoms with E-state index in [4.69, 9.17) is 14.5 Å². The highest BCUT2D eigenvalue weighted by molar-refractivity contribution is 6.00. The molecule has 0 spiro atoms. The minimum Gasteiger partial charge on any atom is -0.647 e. The third-order valence-electron chi connectivity index (χ3n) is 4.51. The molecule has 1 saturated heterocycles. The Morgan fingerprint density at radius 2 is 2.12 bits per heavy atom. The van der Waals surface area contributed by atoms with Crippen molar-refractivity contribution in [3.8, 4) is 17.0 Å². The average molecular weight is 338 g/mol. The molecule has 0 radical (unpaired) electrons. The van der Waals surface area contributed by atoms with Gasteiger partial charge in [0.05, 0.1) is 5.75 Å². The highest BCUT2D eigenvalue weighted by Crippen LogP contribution is 2.32. The molecule has 0 saturated carbocycles. The van der Waals surface area contributed by atoms with Crippen LogP contribution < -0.4 is 14.8 Å². The zero-order valence-corrected chi connectivity index (χ0v) is 15.6. The van der Waals surface area contributed by atoms with Crippen LogP contribution in [-0.2, 0) is 0 Å². The van der Waals surface area contributed by atoms with Gasteiger partial charge in [0.2, 0.25) is 0 Å². The van der Waals surface area contributed by atoms with Gasteiger partial charge in [0, 0.05) is 18.0 Å². The zero-order chi connectivity index (χ0) is 16.5. The van der Waals surface area contributed by atoms with Crippen LogP contribution in [0, 0.1) is 0 Å². The lowest BCUT2D eigenvalue weighted by Gasteiger charge is -2.21. The van der Waals surface area contributed by atoms with Crippen molar-refractivity contribution in [1.82, 2.24) is 24.9 Å². The van der Waals surface area contributed by atoms with Crippen molar-refractivity contribution < 1.29 is 3.79 Å². The molecular formula is C16H19AlN6O. The van der Waals surface area contributed by atoms with Crippen LogP contribution in [0.3, 0.4) is 0 Å². The van der Waals surface area contributed by atoms with E-state index in [9.17, 15) is 0 Å². The van der Waals surface area contributed by atoms with Crippen molar-refractivity contribution in [3.63, 3.8) is 0 Å². The first-order valence-electron chi connectivity index (χ1n) is 8.12. The number of hydrogen-bond donors (Lipinski definition) is 2. The molecule has 0 aliphatic carbocycles. The number of benzene rings is 1. The van der Waals surface area contributed by atoms with E-state index >= 15 is 0 Å². The Labute approximate surface area is 148 Å². The lowest BCUT2D eigenvalue weighted by Crippen LogP contribution is -2.29. The number of nitrogens with one attached hydrogen (secondary N) is 1. The largest absolute Gasteiger partial charge is 0.647 e. The Balaban J connectivity index is 1.87. The summed E-state index contributed by atoms with van der Waals surface area (Å²) in [5.74, 6) is 2.60. The number of hydrogen-bond acceptors (Lipinski definition) is 6. The SMILES string of the molecule is Nc1ncnn2c(C3CCCNC3)nc(-c3ccc([O][AlH2])cc3)c12. The molecular weight excluding hydrogens is 319 g/mol. The van der Waals surface area contributed by atoms with Crippen LogP contribution in [0.15, 0.2) is 30.6 Å². The van der Waals surface area contributed by atoms with Crippen molar-refractivity contribution >= 4 is 28.0 Å². The summed E-state index contributed by atoms with van der Waals surface area (Å²) in [6, 6.07) is 7.92. The molecule has 24 heavy (non-hydrogen) atoms. The number of imidazole rings is 1. The third-order valence-corrected chi connectivity index (χ3v) is 4.98. The molecule has 2 aromatic heterocycles. The summed E-state index contributed by atoms with van der Waals surface area (Å²) in [4.78, 5) is 9.06. The van der Waals surface area contributed by atoms with E-state index in [1.807, 2.05) is 28.8 Å². The molecule has 8 heteroatoms. The van der Waals surface area contributed by atoms with Crippen LogP contribution in [0.2, 0.25) is 0 Å². The molecule has 4 rings (SSSR count). The highest BCUT2D eigenvalue weighted by atomic mass is 27.1. The van der Waals surface area contributed by atoms with Crippen molar-refractivity contribution in [2.45, 2.75) is 18.8 Å². The summed E-state index contributed by atoms with van der Waals surface area (Å²) in [6.45, 7) is 1.97. The highest BCUT2D eigenvalue weighted by Gasteiger charge is 2.24. The van der Waals surface area contributed by atoms with Crippen LogP contribution in [0.25, 0.3) is 16.8 Å². The number of nitrogens with zero attached hydrogens (tertiary/aromatic N) is 4. The van der Waals surface area contributed by atoms with Crippen LogP contribution in [0.1, 0.15) is 24.6 Å². The number of fused-ring (bicyclic) bond motifs is 1. The molecule has 0 bridgehead atoms. The van der Waals surface area contributed by atoms with E-state index in [1.165, 1.54) is 6.33 Å². The van der Waals surface area contributed by atoms with Crippen molar-refractivity contribution in [2.24, 2.45) is 0 Å². The Bertz CT molecular complexity index is 857. The van der Waals surface area contributed by atoms with Gasteiger partial charge in [0.25, 0.3) is 0 Å². The number of piperidine rings is 1. The number of aromatic nitrogens is 4. The topological polar surface area (TPSA) is 90.4 Å². The van der Waals surface area contributed by atoms with E-state index in [-0.39, 0.29) is 0 Å². The second-order valence-corrected chi connectivity index (χ2v) is 6.40. The molecule has 3 N–H and O–H groups in total. The van der Waals surface area contributed by atoms with Gasteiger partial charge in [0.1, 0.15) is 23.4 Å². The zero-order valence-electron chi connectivity index (χ0n) is 13.6. The normalized spacial score (nSPS) is 17.9. The van der Waals surface area contributed by atoms with Gasteiger partial charge in [-0.05, 0) is 43.7 Å². The lowest BCUT2D eigenvalue weighted by molar-refractivity contribution is 0.441. The fourth-order valence-corrected chi connectivity index (χ4v) is 3.54. The van der Waals surface area contributed by atoms with Gasteiger partial charge in [-0.25, -0.2) is 14.5 Å². The van der Waals surface area contributed by atoms with Gasteiger partial charge in [0.15, 0.2) is 5.82 Å². The lowest BCUT2D eigenvalue weighted by atomic mass is 9.99. The van der Waals surface area contributed by atoms with E-state index < -0.39 is 0 Å². The fraction of sp³-hybridized carbons (Fsp3) is 0.312. The monoisotopic (exact) mass is 338 g/mol. The maximum Gasteiger partial charge on any atom is 0.496 e. The third kappa shape index (κ3) is 2.63. The van der Waals surface area contributed by atoms with E-state index in [1.54, 1.807) is 0 Å². The predicted octanol–water partition coefficient (Wildman–Crippen LogP) is 0.767. The van der Waals surface area contributed by atoms with Gasteiger partial charge in [-0.15, -0.1) is 0 Å². The summed E-state index contributed by atoms with van der Waals surface area (Å²) >= 11 is 0.672. The molecule has 1 aliphatic rings. The Morgan fingerprint density at radius 1 is 1.29 bits per heavy atom. The van der Waals surface area contributed by atoms with Crippen molar-refractivity contribution in [2.75, 3.05) is 18.8 Å². The van der Waals surface area contributed by atoms with Crippen molar-refractivity contribution in [1.29, 1.82) is 0 Å². The number of anilines is 1. The summed E-state index contributed by atoms with van der Waals surface area (Å²) in [6.07, 6.45) is 3.73. The van der Waals surface area contributed by atoms with Gasteiger partial charge in [-0.3, -0.25) is 0 Å². The molecule has 1 aromatic carbocycles. The molecule has 7 nitrogen and oxygen atoms in total. The van der Waals surface area contributed by atoms with E-state index in [0.29, 0.717) is 28.4 Å². The Morgan fingerprint density at radius 3 is 2.83 bits per heavy atom. The standard InChI is InChI=1S/C16H18N6O.Al.2H/c17-15-14-13(10-3-5-12(23)6-4-10)21-16(22(14)20-9-19-15)11-2-1-7-18-8-11;;;/h3-6,9,11,18,23H,1-2,7-8H2,(H2,17,19,20);;;/q;+1;;/p-1. The molecule has 3 heterocycles. The molecule has 0 amide bonds. The van der Waals surface area contributed by atoms with Gasteiger partial charge >= 0.3 is 16.6 Å². The minimum atomic E-state index is 0.332. The summed E-state index contributed by atoms with van der Waals surface area (Å²) in [5.41, 5.74) is 8.74. The van der Waals surface area contributed by atoms with Crippen LogP contribution in [-0.4, -0.2) is 49.3 Å². The van der Waals surface area contributed by atoms with Crippen molar-refractivity contribution in [3.05, 3.63) is 36.4 Å². The maximum atomic E-state index is 6.15. The summed E-state index contributed by atoms with van der Waals surface area (Å²) in [7, 11) is 0. The Hall–Kier alpha value is -2.14. The van der Waals surface area contributed by atoms with Gasteiger partial charge in [-0.2, -0.15) is 5.10 Å². The number of nitrogen functional groups attached to an aromatic ring is 1. The smallest absolute Gasteiger partial charge is 0.496 e. The second kappa shape index (κ2) is 6.40. The fourth-order valence-electron chi connectivity index (χ4n) is 3.26. The van der Waals surface area contributed by atoms with Gasteiger partial charge in [-0.1, -0.05) is 0 Å². The number of rotatable bonds is 3. The molecule has 1 unspecified atom stereocenters. The van der Waals surface area contributed by atoms with Crippen LogP contribution >= 0.6 is 0 Å². The first kappa shape index (κ1) is 15.4. The molecule has 122 valence electrons. The minimum absolute atomic E-state index is 0.332. The molecule has 1 atom stereocenters. The van der Waals surface area contributed by atoms with Crippen LogP contribution in [0.4, 0.5) is 5.82 Å². The summed E-state index contributed by atoms with van der Waals surface area (Å²) in [5, 5.41) is 7.85. The number of nitrogens with two attached hydrogens (primary N) is 1. The predicted molar refractivity (Wildman–Crippen MR) is 94.6 cm³/mol. The maximum absolute atomic E-state index is 6.15. The second-order valence-electron chi connectivity index (χ2n) is 6.00. The molecule has 3 aromatic rings. The first-order valence-corrected chi connectivity index (χ1v) is 8.94.